The van der Waals surface area contributed by atoms with Gasteiger partial charge in [-0.3, -0.25) is 19.2 Å². The minimum absolute atomic E-state index is 0.0219. The van der Waals surface area contributed by atoms with Gasteiger partial charge in [-0.25, -0.2) is 0 Å². The van der Waals surface area contributed by atoms with E-state index in [2.05, 4.69) is 13.8 Å². The molecule has 4 rings (SSSR count). The SMILES string of the molecule is CCOC(=O)CC[C@@H](C)C1CC(=O)[C@@]2(C)C3=C(C(=O)C[C@]12C)[C@@]1(C)CCC(=O)C(C)(C)C1C[C@@H]3O. The molecule has 6 nitrogen and oxygen atoms in total. The third-order valence-electron chi connectivity index (χ3n) is 10.9. The van der Waals surface area contributed by atoms with E-state index < -0.39 is 27.8 Å². The summed E-state index contributed by atoms with van der Waals surface area (Å²) in [6.07, 6.45) is 1.96. The highest BCUT2D eigenvalue weighted by molar-refractivity contribution is 6.05. The number of allylic oxidation sites excluding steroid dienone is 1. The number of ketones is 3. The van der Waals surface area contributed by atoms with Gasteiger partial charge in [0.05, 0.1) is 18.1 Å². The van der Waals surface area contributed by atoms with E-state index in [1.54, 1.807) is 6.92 Å². The van der Waals surface area contributed by atoms with Gasteiger partial charge in [0.1, 0.15) is 11.6 Å². The molecule has 0 aromatic heterocycles. The number of aliphatic hydroxyl groups is 1. The Morgan fingerprint density at radius 2 is 1.77 bits per heavy atom. The summed E-state index contributed by atoms with van der Waals surface area (Å²) < 4.78 is 5.09. The number of rotatable bonds is 5. The van der Waals surface area contributed by atoms with Crippen LogP contribution in [0, 0.1) is 39.4 Å². The van der Waals surface area contributed by atoms with Crippen LogP contribution in [0.3, 0.4) is 0 Å². The Morgan fingerprint density at radius 3 is 2.40 bits per heavy atom. The van der Waals surface area contributed by atoms with Gasteiger partial charge in [-0.05, 0) is 61.9 Å². The standard InChI is InChI=1S/C29H42O6/c1-8-35-23(34)10-9-16(2)17-13-22(33)29(7)25-18(30)14-20-26(3,4)21(32)11-12-27(20,5)24(25)19(31)15-28(17,29)6/h16-18,20,30H,8-15H2,1-7H3/t16-,17?,18+,20?,27+,28-,29+/m1/s1. The molecule has 0 radical (unpaired) electrons. The number of fused-ring (bicyclic) bond motifs is 4. The molecular formula is C29H42O6. The zero-order valence-corrected chi connectivity index (χ0v) is 22.5. The lowest BCUT2D eigenvalue weighted by Crippen LogP contribution is -2.60. The number of carbonyl (C=O) groups is 4. The van der Waals surface area contributed by atoms with Crippen molar-refractivity contribution in [2.75, 3.05) is 6.61 Å². The quantitative estimate of drug-likeness (QED) is 0.570. The van der Waals surface area contributed by atoms with E-state index in [4.69, 9.17) is 4.74 Å². The summed E-state index contributed by atoms with van der Waals surface area (Å²) in [5.41, 5.74) is -1.45. The molecule has 0 heterocycles. The Labute approximate surface area is 209 Å². The average molecular weight is 487 g/mol. The molecule has 0 spiro atoms. The largest absolute Gasteiger partial charge is 0.466 e. The highest BCUT2D eigenvalue weighted by Gasteiger charge is 2.70. The van der Waals surface area contributed by atoms with Gasteiger partial charge < -0.3 is 9.84 Å². The van der Waals surface area contributed by atoms with Gasteiger partial charge in [0.2, 0.25) is 0 Å². The van der Waals surface area contributed by atoms with Crippen LogP contribution in [0.1, 0.15) is 93.4 Å². The van der Waals surface area contributed by atoms with Crippen LogP contribution >= 0.6 is 0 Å². The molecule has 6 heteroatoms. The van der Waals surface area contributed by atoms with E-state index in [-0.39, 0.29) is 47.5 Å². The van der Waals surface area contributed by atoms with E-state index >= 15 is 0 Å². The molecule has 2 unspecified atom stereocenters. The van der Waals surface area contributed by atoms with Crippen molar-refractivity contribution < 1.29 is 29.0 Å². The highest BCUT2D eigenvalue weighted by atomic mass is 16.5. The minimum Gasteiger partial charge on any atom is -0.466 e. The molecule has 2 saturated carbocycles. The molecule has 7 atom stereocenters. The van der Waals surface area contributed by atoms with Crippen LogP contribution in [0.25, 0.3) is 0 Å². The van der Waals surface area contributed by atoms with E-state index in [9.17, 15) is 24.3 Å². The van der Waals surface area contributed by atoms with Crippen molar-refractivity contribution in [3.05, 3.63) is 11.1 Å². The molecule has 4 aliphatic rings. The summed E-state index contributed by atoms with van der Waals surface area (Å²) in [6.45, 7) is 14.1. The normalized spacial score (nSPS) is 41.3. The minimum atomic E-state index is -0.932. The molecular weight excluding hydrogens is 444 g/mol. The number of hydrogen-bond acceptors (Lipinski definition) is 6. The van der Waals surface area contributed by atoms with E-state index in [1.807, 2.05) is 27.7 Å². The third-order valence-corrected chi connectivity index (χ3v) is 10.9. The maximum atomic E-state index is 14.0. The summed E-state index contributed by atoms with van der Waals surface area (Å²) >= 11 is 0. The lowest BCUT2D eigenvalue weighted by atomic mass is 9.42. The maximum Gasteiger partial charge on any atom is 0.305 e. The maximum absolute atomic E-state index is 14.0. The fraction of sp³-hybridized carbons (Fsp3) is 0.793. The van der Waals surface area contributed by atoms with E-state index in [0.717, 1.165) is 0 Å². The first-order valence-electron chi connectivity index (χ1n) is 13.3. The second-order valence-corrected chi connectivity index (χ2v) is 12.9. The Hall–Kier alpha value is -1.82. The monoisotopic (exact) mass is 486 g/mol. The fourth-order valence-electron chi connectivity index (χ4n) is 8.70. The first-order chi connectivity index (χ1) is 16.2. The Morgan fingerprint density at radius 1 is 1.11 bits per heavy atom. The smallest absolute Gasteiger partial charge is 0.305 e. The zero-order chi connectivity index (χ0) is 26.1. The Kier molecular flexibility index (Phi) is 6.27. The van der Waals surface area contributed by atoms with Crippen molar-refractivity contribution in [2.24, 2.45) is 39.4 Å². The fourth-order valence-corrected chi connectivity index (χ4v) is 8.70. The van der Waals surface area contributed by atoms with E-state index in [1.165, 1.54) is 0 Å². The van der Waals surface area contributed by atoms with Crippen LogP contribution in [-0.2, 0) is 23.9 Å². The number of Topliss-reactive ketones (excluding diaryl/α,β-unsaturated/α-hetero) is 3. The van der Waals surface area contributed by atoms with Crippen molar-refractivity contribution in [2.45, 2.75) is 99.5 Å². The highest BCUT2D eigenvalue weighted by Crippen LogP contribution is 2.70. The van der Waals surface area contributed by atoms with Crippen LogP contribution in [0.5, 0.6) is 0 Å². The molecule has 0 aliphatic heterocycles. The second kappa shape index (κ2) is 8.36. The molecule has 0 saturated heterocycles. The van der Waals surface area contributed by atoms with Gasteiger partial charge in [-0.2, -0.15) is 0 Å². The number of aliphatic hydroxyl groups excluding tert-OH is 1. The summed E-state index contributed by atoms with van der Waals surface area (Å²) in [7, 11) is 0. The first kappa shape index (κ1) is 26.2. The molecule has 0 aromatic carbocycles. The summed E-state index contributed by atoms with van der Waals surface area (Å²) in [4.78, 5) is 52.6. The molecule has 0 amide bonds. The molecule has 35 heavy (non-hydrogen) atoms. The van der Waals surface area contributed by atoms with Crippen molar-refractivity contribution in [3.63, 3.8) is 0 Å². The molecule has 0 bridgehead atoms. The molecule has 194 valence electrons. The molecule has 0 aromatic rings. The number of esters is 1. The van der Waals surface area contributed by atoms with Crippen molar-refractivity contribution >= 4 is 23.3 Å². The van der Waals surface area contributed by atoms with Crippen LogP contribution < -0.4 is 0 Å². The predicted molar refractivity (Wildman–Crippen MR) is 131 cm³/mol. The van der Waals surface area contributed by atoms with Crippen molar-refractivity contribution in [1.82, 2.24) is 0 Å². The van der Waals surface area contributed by atoms with Gasteiger partial charge in [0.25, 0.3) is 0 Å². The van der Waals surface area contributed by atoms with Crippen molar-refractivity contribution in [1.29, 1.82) is 0 Å². The molecule has 2 fully saturated rings. The molecule has 1 N–H and O–H groups in total. The van der Waals surface area contributed by atoms with E-state index in [0.29, 0.717) is 56.3 Å². The summed E-state index contributed by atoms with van der Waals surface area (Å²) in [5, 5.41) is 11.6. The van der Waals surface area contributed by atoms with Gasteiger partial charge in [-0.1, -0.05) is 34.6 Å². The van der Waals surface area contributed by atoms with Gasteiger partial charge in [0, 0.05) is 42.1 Å². The lowest BCUT2D eigenvalue weighted by Gasteiger charge is -2.60. The summed E-state index contributed by atoms with van der Waals surface area (Å²) in [5.74, 6) is -0.0954. The molecule has 4 aliphatic carbocycles. The Bertz CT molecular complexity index is 1010. The summed E-state index contributed by atoms with van der Waals surface area (Å²) in [6, 6.07) is 0. The number of carbonyl (C=O) groups excluding carboxylic acids is 4. The van der Waals surface area contributed by atoms with Crippen LogP contribution in [0.4, 0.5) is 0 Å². The zero-order valence-electron chi connectivity index (χ0n) is 22.5. The predicted octanol–water partition coefficient (Wildman–Crippen LogP) is 4.61. The van der Waals surface area contributed by atoms with Crippen LogP contribution in [0.2, 0.25) is 0 Å². The average Bonchev–Trinajstić information content (AvgIpc) is 2.97. The third kappa shape index (κ3) is 3.45. The second-order valence-electron chi connectivity index (χ2n) is 12.9. The van der Waals surface area contributed by atoms with Crippen LogP contribution in [-0.4, -0.2) is 41.1 Å². The number of ether oxygens (including phenoxy) is 1. The topological polar surface area (TPSA) is 97.7 Å². The van der Waals surface area contributed by atoms with Crippen molar-refractivity contribution in [3.8, 4) is 0 Å². The first-order valence-corrected chi connectivity index (χ1v) is 13.3. The Balaban J connectivity index is 1.77. The lowest BCUT2D eigenvalue weighted by molar-refractivity contribution is -0.147. The van der Waals surface area contributed by atoms with Gasteiger partial charge in [0.15, 0.2) is 5.78 Å². The van der Waals surface area contributed by atoms with Gasteiger partial charge in [-0.15, -0.1) is 0 Å². The van der Waals surface area contributed by atoms with Crippen LogP contribution in [0.15, 0.2) is 11.1 Å². The van der Waals surface area contributed by atoms with Gasteiger partial charge >= 0.3 is 5.97 Å². The number of hydrogen-bond donors (Lipinski definition) is 1.